The topological polar surface area (TPSA) is 36.4 Å². The summed E-state index contributed by atoms with van der Waals surface area (Å²) in [7, 11) is 3.57. The molecule has 1 atom stereocenters. The van der Waals surface area contributed by atoms with Crippen LogP contribution in [0.2, 0.25) is 5.02 Å². The van der Waals surface area contributed by atoms with E-state index < -0.39 is 0 Å². The number of amides is 1. The fourth-order valence-electron chi connectivity index (χ4n) is 2.13. The first-order valence-corrected chi connectivity index (χ1v) is 6.07. The van der Waals surface area contributed by atoms with Crippen molar-refractivity contribution in [2.45, 2.75) is 18.9 Å². The largest absolute Gasteiger partial charge is 0.347 e. The minimum atomic E-state index is -0.0846. The van der Waals surface area contributed by atoms with E-state index in [1.807, 2.05) is 6.07 Å². The molecule has 0 saturated carbocycles. The molecule has 1 fully saturated rings. The fraction of sp³-hybridized carbons (Fsp3) is 0.500. The van der Waals surface area contributed by atoms with Gasteiger partial charge < -0.3 is 9.80 Å². The van der Waals surface area contributed by atoms with Gasteiger partial charge in [0, 0.05) is 26.8 Å². The predicted octanol–water partition coefficient (Wildman–Crippen LogP) is 1.79. The molecule has 1 unspecified atom stereocenters. The van der Waals surface area contributed by atoms with Gasteiger partial charge in [0.25, 0.3) is 0 Å². The summed E-state index contributed by atoms with van der Waals surface area (Å²) >= 11 is 5.81. The summed E-state index contributed by atoms with van der Waals surface area (Å²) in [5, 5.41) is 0.614. The molecule has 92 valence electrons. The van der Waals surface area contributed by atoms with Gasteiger partial charge in [0.05, 0.1) is 5.02 Å². The summed E-state index contributed by atoms with van der Waals surface area (Å²) in [6, 6.07) is 3.59. The molecule has 5 heteroatoms. The van der Waals surface area contributed by atoms with Gasteiger partial charge in [-0.2, -0.15) is 0 Å². The van der Waals surface area contributed by atoms with Gasteiger partial charge in [-0.1, -0.05) is 11.6 Å². The zero-order valence-corrected chi connectivity index (χ0v) is 10.8. The average molecular weight is 254 g/mol. The summed E-state index contributed by atoms with van der Waals surface area (Å²) in [6.45, 7) is 0.874. The number of hydrogen-bond acceptors (Lipinski definition) is 3. The van der Waals surface area contributed by atoms with Crippen molar-refractivity contribution >= 4 is 23.3 Å². The summed E-state index contributed by atoms with van der Waals surface area (Å²) in [6.07, 6.45) is 3.53. The standard InChI is InChI=1S/C12H16ClN3O/c1-15(2)12(17)10-4-3-7-16(10)11-6-5-9(13)8-14-11/h5-6,8,10H,3-4,7H2,1-2H3. The van der Waals surface area contributed by atoms with Gasteiger partial charge in [-0.05, 0) is 25.0 Å². The number of likely N-dealkylation sites (N-methyl/N-ethyl adjacent to an activating group) is 1. The Morgan fingerprint density at radius 3 is 2.88 bits per heavy atom. The van der Waals surface area contributed by atoms with Gasteiger partial charge in [-0.25, -0.2) is 4.98 Å². The molecule has 0 spiro atoms. The van der Waals surface area contributed by atoms with E-state index in [0.717, 1.165) is 25.2 Å². The highest BCUT2D eigenvalue weighted by Gasteiger charge is 2.32. The SMILES string of the molecule is CN(C)C(=O)C1CCCN1c1ccc(Cl)cn1. The first-order chi connectivity index (χ1) is 8.09. The van der Waals surface area contributed by atoms with Crippen LogP contribution < -0.4 is 4.90 Å². The second kappa shape index (κ2) is 4.92. The van der Waals surface area contributed by atoms with Gasteiger partial charge in [0.1, 0.15) is 11.9 Å². The van der Waals surface area contributed by atoms with Crippen molar-refractivity contribution in [3.63, 3.8) is 0 Å². The van der Waals surface area contributed by atoms with Gasteiger partial charge in [-0.3, -0.25) is 4.79 Å². The summed E-state index contributed by atoms with van der Waals surface area (Å²) in [4.78, 5) is 20.0. The molecule has 0 bridgehead atoms. The maximum atomic E-state index is 12.0. The Balaban J connectivity index is 2.20. The van der Waals surface area contributed by atoms with Crippen molar-refractivity contribution in [1.29, 1.82) is 0 Å². The highest BCUT2D eigenvalue weighted by atomic mass is 35.5. The second-order valence-electron chi connectivity index (χ2n) is 4.42. The maximum Gasteiger partial charge on any atom is 0.244 e. The van der Waals surface area contributed by atoms with Crippen LogP contribution in [0.25, 0.3) is 0 Å². The van der Waals surface area contributed by atoms with E-state index in [2.05, 4.69) is 9.88 Å². The number of nitrogens with zero attached hydrogens (tertiary/aromatic N) is 3. The van der Waals surface area contributed by atoms with Crippen LogP contribution in [-0.4, -0.2) is 42.5 Å². The monoisotopic (exact) mass is 253 g/mol. The number of aromatic nitrogens is 1. The molecule has 2 heterocycles. The molecule has 4 nitrogen and oxygen atoms in total. The van der Waals surface area contributed by atoms with Crippen molar-refractivity contribution in [2.75, 3.05) is 25.5 Å². The third-order valence-electron chi connectivity index (χ3n) is 2.98. The molecule has 0 aromatic carbocycles. The first-order valence-electron chi connectivity index (χ1n) is 5.69. The van der Waals surface area contributed by atoms with E-state index in [9.17, 15) is 4.79 Å². The maximum absolute atomic E-state index is 12.0. The highest BCUT2D eigenvalue weighted by molar-refractivity contribution is 6.30. The molecule has 1 saturated heterocycles. The normalized spacial score (nSPS) is 19.5. The highest BCUT2D eigenvalue weighted by Crippen LogP contribution is 2.25. The number of halogens is 1. The smallest absolute Gasteiger partial charge is 0.244 e. The molecule has 0 N–H and O–H groups in total. The third kappa shape index (κ3) is 2.52. The van der Waals surface area contributed by atoms with Crippen molar-refractivity contribution in [3.8, 4) is 0 Å². The fourth-order valence-corrected chi connectivity index (χ4v) is 2.25. The molecule has 0 radical (unpaired) electrons. The quantitative estimate of drug-likeness (QED) is 0.806. The Morgan fingerprint density at radius 1 is 1.53 bits per heavy atom. The zero-order valence-electron chi connectivity index (χ0n) is 10.1. The van der Waals surface area contributed by atoms with Crippen LogP contribution >= 0.6 is 11.6 Å². The summed E-state index contributed by atoms with van der Waals surface area (Å²) < 4.78 is 0. The number of carbonyl (C=O) groups excluding carboxylic acids is 1. The lowest BCUT2D eigenvalue weighted by atomic mass is 10.2. The molecule has 2 rings (SSSR count). The minimum Gasteiger partial charge on any atom is -0.347 e. The number of pyridine rings is 1. The Morgan fingerprint density at radius 2 is 2.29 bits per heavy atom. The zero-order chi connectivity index (χ0) is 12.4. The molecule has 17 heavy (non-hydrogen) atoms. The van der Waals surface area contributed by atoms with Crippen LogP contribution in [0.4, 0.5) is 5.82 Å². The lowest BCUT2D eigenvalue weighted by Gasteiger charge is -2.27. The van der Waals surface area contributed by atoms with Gasteiger partial charge >= 0.3 is 0 Å². The lowest BCUT2D eigenvalue weighted by Crippen LogP contribution is -2.43. The van der Waals surface area contributed by atoms with Crippen molar-refractivity contribution in [3.05, 3.63) is 23.4 Å². The summed E-state index contributed by atoms with van der Waals surface area (Å²) in [5.41, 5.74) is 0. The van der Waals surface area contributed by atoms with Gasteiger partial charge in [-0.15, -0.1) is 0 Å². The number of rotatable bonds is 2. The number of hydrogen-bond donors (Lipinski definition) is 0. The van der Waals surface area contributed by atoms with E-state index in [4.69, 9.17) is 11.6 Å². The molecule has 1 aromatic rings. The van der Waals surface area contributed by atoms with E-state index >= 15 is 0 Å². The number of anilines is 1. The molecule has 1 aliphatic rings. The van der Waals surface area contributed by atoms with E-state index in [1.54, 1.807) is 31.3 Å². The average Bonchev–Trinajstić information content (AvgIpc) is 2.77. The van der Waals surface area contributed by atoms with E-state index in [1.165, 1.54) is 0 Å². The molecule has 1 amide bonds. The van der Waals surface area contributed by atoms with Gasteiger partial charge in [0.2, 0.25) is 5.91 Å². The lowest BCUT2D eigenvalue weighted by molar-refractivity contribution is -0.129. The van der Waals surface area contributed by atoms with Crippen LogP contribution in [0.15, 0.2) is 18.3 Å². The van der Waals surface area contributed by atoms with Crippen LogP contribution in [-0.2, 0) is 4.79 Å². The first kappa shape index (κ1) is 12.2. The van der Waals surface area contributed by atoms with Crippen molar-refractivity contribution in [1.82, 2.24) is 9.88 Å². The Kier molecular flexibility index (Phi) is 3.52. The van der Waals surface area contributed by atoms with Crippen LogP contribution in [0, 0.1) is 0 Å². The van der Waals surface area contributed by atoms with Crippen LogP contribution in [0.1, 0.15) is 12.8 Å². The molecule has 1 aromatic heterocycles. The van der Waals surface area contributed by atoms with Crippen molar-refractivity contribution < 1.29 is 4.79 Å². The Hall–Kier alpha value is -1.29. The minimum absolute atomic E-state index is 0.0846. The van der Waals surface area contributed by atoms with E-state index in [0.29, 0.717) is 5.02 Å². The molecular weight excluding hydrogens is 238 g/mol. The second-order valence-corrected chi connectivity index (χ2v) is 4.86. The molecular formula is C12H16ClN3O. The third-order valence-corrected chi connectivity index (χ3v) is 3.21. The van der Waals surface area contributed by atoms with Crippen molar-refractivity contribution in [2.24, 2.45) is 0 Å². The van der Waals surface area contributed by atoms with E-state index in [-0.39, 0.29) is 11.9 Å². The predicted molar refractivity (Wildman–Crippen MR) is 68.3 cm³/mol. The van der Waals surface area contributed by atoms with Crippen LogP contribution in [0.3, 0.4) is 0 Å². The van der Waals surface area contributed by atoms with Crippen LogP contribution in [0.5, 0.6) is 0 Å². The Bertz CT molecular complexity index is 405. The van der Waals surface area contributed by atoms with Gasteiger partial charge in [0.15, 0.2) is 0 Å². The Labute approximate surface area is 106 Å². The number of carbonyl (C=O) groups is 1. The summed E-state index contributed by atoms with van der Waals surface area (Å²) in [5.74, 6) is 0.964. The molecule has 0 aliphatic carbocycles. The molecule has 1 aliphatic heterocycles.